The third kappa shape index (κ3) is 4.78. The van der Waals surface area contributed by atoms with Gasteiger partial charge in [-0.1, -0.05) is 41.9 Å². The van der Waals surface area contributed by atoms with Gasteiger partial charge < -0.3 is 4.57 Å². The van der Waals surface area contributed by atoms with Crippen LogP contribution in [0.25, 0.3) is 16.6 Å². The number of rotatable bonds is 5. The Balaban J connectivity index is 1.65. The predicted molar refractivity (Wildman–Crippen MR) is 142 cm³/mol. The molecule has 0 saturated heterocycles. The number of aromatic nitrogens is 2. The molecule has 4 aromatic rings. The van der Waals surface area contributed by atoms with E-state index in [-0.39, 0.29) is 40.3 Å². The number of nitro groups is 1. The first-order valence-corrected chi connectivity index (χ1v) is 12.3. The average molecular weight is 548 g/mol. The number of halogens is 3. The zero-order valence-corrected chi connectivity index (χ0v) is 21.3. The quantitative estimate of drug-likeness (QED) is 0.240. The van der Waals surface area contributed by atoms with E-state index < -0.39 is 33.8 Å². The highest BCUT2D eigenvalue weighted by Gasteiger charge is 2.32. The van der Waals surface area contributed by atoms with Gasteiger partial charge in [-0.3, -0.25) is 19.8 Å². The van der Waals surface area contributed by atoms with E-state index in [9.17, 15) is 29.0 Å². The number of pyridine rings is 2. The summed E-state index contributed by atoms with van der Waals surface area (Å²) in [4.78, 5) is 30.6. The molecule has 196 valence electrons. The summed E-state index contributed by atoms with van der Waals surface area (Å²) in [5.74, 6) is -0.857. The van der Waals surface area contributed by atoms with Gasteiger partial charge in [-0.25, -0.2) is 13.8 Å². The van der Waals surface area contributed by atoms with E-state index in [1.165, 1.54) is 37.4 Å². The number of nitriles is 1. The number of hydrogen-bond acceptors (Lipinski definition) is 6. The molecule has 0 N–H and O–H groups in total. The Hall–Kier alpha value is -4.46. The van der Waals surface area contributed by atoms with Crippen LogP contribution >= 0.6 is 11.6 Å². The number of fused-ring (bicyclic) bond motifs is 1. The van der Waals surface area contributed by atoms with E-state index in [0.717, 1.165) is 4.57 Å². The molecule has 8 nitrogen and oxygen atoms in total. The lowest BCUT2D eigenvalue weighted by Crippen LogP contribution is -2.34. The molecule has 0 spiro atoms. The smallest absolute Gasteiger partial charge is 0.304 e. The zero-order chi connectivity index (χ0) is 27.8. The molecule has 0 saturated carbocycles. The highest BCUT2D eigenvalue weighted by atomic mass is 35.5. The van der Waals surface area contributed by atoms with Crippen molar-refractivity contribution in [2.45, 2.75) is 12.5 Å². The van der Waals surface area contributed by atoms with Crippen LogP contribution < -0.4 is 5.56 Å². The molecule has 0 radical (unpaired) electrons. The van der Waals surface area contributed by atoms with Gasteiger partial charge >= 0.3 is 11.2 Å². The highest BCUT2D eigenvalue weighted by molar-refractivity contribution is 6.32. The fraction of sp³-hybridized carbons (Fsp3) is 0.179. The van der Waals surface area contributed by atoms with Gasteiger partial charge in [0.15, 0.2) is 5.69 Å². The molecular formula is C28H20ClF2N5O3. The first kappa shape index (κ1) is 26.2. The maximum Gasteiger partial charge on any atom is 0.343 e. The molecular weight excluding hydrogens is 528 g/mol. The highest BCUT2D eigenvalue weighted by Crippen LogP contribution is 2.37. The summed E-state index contributed by atoms with van der Waals surface area (Å²) in [7, 11) is 1.38. The van der Waals surface area contributed by atoms with Crippen molar-refractivity contribution in [1.82, 2.24) is 14.5 Å². The van der Waals surface area contributed by atoms with E-state index in [4.69, 9.17) is 11.6 Å². The molecule has 2 aromatic heterocycles. The molecule has 0 aliphatic carbocycles. The monoisotopic (exact) mass is 547 g/mol. The predicted octanol–water partition coefficient (Wildman–Crippen LogP) is 5.52. The van der Waals surface area contributed by atoms with Crippen LogP contribution in [0.5, 0.6) is 0 Å². The fourth-order valence-electron chi connectivity index (χ4n) is 5.07. The number of nitrogens with zero attached hydrogens (tertiary/aromatic N) is 5. The largest absolute Gasteiger partial charge is 0.343 e. The van der Waals surface area contributed by atoms with Gasteiger partial charge in [0, 0.05) is 20.1 Å². The molecule has 5 rings (SSSR count). The van der Waals surface area contributed by atoms with Crippen LogP contribution in [0.1, 0.15) is 34.8 Å². The van der Waals surface area contributed by atoms with Crippen LogP contribution in [-0.2, 0) is 7.05 Å². The Morgan fingerprint density at radius 3 is 2.28 bits per heavy atom. The van der Waals surface area contributed by atoms with Crippen molar-refractivity contribution < 1.29 is 13.7 Å². The van der Waals surface area contributed by atoms with Crippen LogP contribution in [0.4, 0.5) is 14.5 Å². The van der Waals surface area contributed by atoms with Crippen molar-refractivity contribution >= 4 is 33.9 Å². The van der Waals surface area contributed by atoms with Gasteiger partial charge in [0.1, 0.15) is 23.2 Å². The number of hydrogen-bond donors (Lipinski definition) is 0. The van der Waals surface area contributed by atoms with E-state index in [1.54, 1.807) is 30.3 Å². The minimum absolute atomic E-state index is 0.0247. The maximum atomic E-state index is 14.2. The summed E-state index contributed by atoms with van der Waals surface area (Å²) < 4.78 is 29.4. The van der Waals surface area contributed by atoms with E-state index >= 15 is 0 Å². The molecule has 1 aliphatic heterocycles. The molecule has 2 aromatic carbocycles. The Kier molecular flexibility index (Phi) is 6.95. The molecule has 0 unspecified atom stereocenters. The first-order chi connectivity index (χ1) is 18.7. The standard InChI is InChI=1S/C28H20ClF2N5O3/c1-34-23-14-21(29)22(15-32)33-25(23)24(27(28(34)37)36(38)39)16-8-10-35(11-9-16)26(17-4-2-6-19(30)12-17)18-5-3-7-20(31)13-18/h2-8,12-14,26H,9-11H2,1H3. The average Bonchev–Trinajstić information content (AvgIpc) is 2.91. The van der Waals surface area contributed by atoms with Crippen LogP contribution in [0, 0.1) is 33.1 Å². The number of aryl methyl sites for hydroxylation is 1. The summed E-state index contributed by atoms with van der Waals surface area (Å²) in [5, 5.41) is 21.6. The van der Waals surface area contributed by atoms with Crippen molar-refractivity contribution in [3.63, 3.8) is 0 Å². The van der Waals surface area contributed by atoms with Crippen molar-refractivity contribution in [2.24, 2.45) is 7.05 Å². The third-order valence-electron chi connectivity index (χ3n) is 6.84. The van der Waals surface area contributed by atoms with Gasteiger partial charge in [0.05, 0.1) is 27.1 Å². The molecule has 11 heteroatoms. The molecule has 0 atom stereocenters. The molecule has 3 heterocycles. The topological polar surface area (TPSA) is 105 Å². The van der Waals surface area contributed by atoms with Crippen molar-refractivity contribution in [1.29, 1.82) is 5.26 Å². The molecule has 0 bridgehead atoms. The fourth-order valence-corrected chi connectivity index (χ4v) is 5.26. The van der Waals surface area contributed by atoms with Crippen LogP contribution in [0.15, 0.2) is 65.5 Å². The maximum absolute atomic E-state index is 14.2. The Morgan fingerprint density at radius 2 is 1.77 bits per heavy atom. The van der Waals surface area contributed by atoms with Crippen molar-refractivity contribution in [3.05, 3.63) is 120 Å². The summed E-state index contributed by atoms with van der Waals surface area (Å²) >= 11 is 6.15. The van der Waals surface area contributed by atoms with E-state index in [2.05, 4.69) is 4.98 Å². The van der Waals surface area contributed by atoms with Gasteiger partial charge in [0.25, 0.3) is 0 Å². The summed E-state index contributed by atoms with van der Waals surface area (Å²) in [6, 6.07) is 14.9. The Morgan fingerprint density at radius 1 is 1.13 bits per heavy atom. The lowest BCUT2D eigenvalue weighted by atomic mass is 9.92. The minimum atomic E-state index is -0.828. The van der Waals surface area contributed by atoms with E-state index in [0.29, 0.717) is 23.2 Å². The first-order valence-electron chi connectivity index (χ1n) is 11.9. The lowest BCUT2D eigenvalue weighted by Gasteiger charge is -2.35. The second kappa shape index (κ2) is 10.4. The molecule has 39 heavy (non-hydrogen) atoms. The van der Waals surface area contributed by atoms with Gasteiger partial charge in [0.2, 0.25) is 0 Å². The summed E-state index contributed by atoms with van der Waals surface area (Å²) in [5.41, 5.74) is 0.585. The molecule has 1 aliphatic rings. The minimum Gasteiger partial charge on any atom is -0.304 e. The van der Waals surface area contributed by atoms with Gasteiger partial charge in [-0.05, 0) is 53.5 Å². The van der Waals surface area contributed by atoms with Crippen molar-refractivity contribution in [3.8, 4) is 6.07 Å². The molecule has 0 amide bonds. The Labute approximate surface area is 226 Å². The van der Waals surface area contributed by atoms with Crippen molar-refractivity contribution in [2.75, 3.05) is 13.1 Å². The zero-order valence-electron chi connectivity index (χ0n) is 20.6. The summed E-state index contributed by atoms with van der Waals surface area (Å²) in [6.45, 7) is 0.621. The van der Waals surface area contributed by atoms with Crippen LogP contribution in [0.3, 0.4) is 0 Å². The van der Waals surface area contributed by atoms with Crippen LogP contribution in [-0.4, -0.2) is 32.5 Å². The van der Waals surface area contributed by atoms with Gasteiger partial charge in [-0.2, -0.15) is 5.26 Å². The van der Waals surface area contributed by atoms with Crippen LogP contribution in [0.2, 0.25) is 5.02 Å². The number of benzene rings is 2. The lowest BCUT2D eigenvalue weighted by molar-refractivity contribution is -0.386. The third-order valence-corrected chi connectivity index (χ3v) is 7.13. The summed E-state index contributed by atoms with van der Waals surface area (Å²) in [6.07, 6.45) is 2.02. The second-order valence-electron chi connectivity index (χ2n) is 9.13. The Bertz CT molecular complexity index is 1730. The molecule has 0 fully saturated rings. The second-order valence-corrected chi connectivity index (χ2v) is 9.54. The normalized spacial score (nSPS) is 13.9. The SMILES string of the molecule is Cn1c(=O)c([N+](=O)[O-])c(C2=CCN(C(c3cccc(F)c3)c3cccc(F)c3)CC2)c2nc(C#N)c(Cl)cc21. The van der Waals surface area contributed by atoms with Gasteiger partial charge in [-0.15, -0.1) is 0 Å². The van der Waals surface area contributed by atoms with E-state index in [1.807, 2.05) is 11.0 Å².